The summed E-state index contributed by atoms with van der Waals surface area (Å²) < 4.78 is 27.2. The fourth-order valence-electron chi connectivity index (χ4n) is 7.32. The zero-order valence-corrected chi connectivity index (χ0v) is 28.6. The van der Waals surface area contributed by atoms with E-state index in [1.54, 1.807) is 12.1 Å². The van der Waals surface area contributed by atoms with Crippen molar-refractivity contribution in [2.24, 2.45) is 5.92 Å². The van der Waals surface area contributed by atoms with E-state index in [-0.39, 0.29) is 40.3 Å². The Morgan fingerprint density at radius 2 is 1.69 bits per heavy atom. The van der Waals surface area contributed by atoms with Crippen LogP contribution in [0.4, 0.5) is 0 Å². The van der Waals surface area contributed by atoms with Crippen molar-refractivity contribution in [2.75, 3.05) is 13.7 Å². The average molecular weight is 770 g/mol. The second-order valence-electron chi connectivity index (χ2n) is 12.7. The Hall–Kier alpha value is -3.71. The molecule has 7 rings (SSSR count). The Kier molecular flexibility index (Phi) is 8.42. The first kappa shape index (κ1) is 32.8. The Balaban J connectivity index is 1.25. The first-order valence-electron chi connectivity index (χ1n) is 15.5. The number of hydrogen-bond acceptors (Lipinski definition) is 13. The maximum absolute atomic E-state index is 13.9. The van der Waals surface area contributed by atoms with Crippen LogP contribution in [0, 0.1) is 5.92 Å². The summed E-state index contributed by atoms with van der Waals surface area (Å²) in [6.45, 7) is 0.844. The zero-order chi connectivity index (χ0) is 34.1. The number of ketones is 3. The minimum atomic E-state index is -2.99. The van der Waals surface area contributed by atoms with Crippen molar-refractivity contribution in [2.45, 2.75) is 62.6 Å². The third-order valence-electron chi connectivity index (χ3n) is 9.72. The van der Waals surface area contributed by atoms with E-state index in [9.17, 15) is 39.9 Å². The van der Waals surface area contributed by atoms with Crippen molar-refractivity contribution in [3.8, 4) is 28.7 Å². The SMILES string of the molecule is COc1cccc2c1C(=O)c1c(O)c3c(c(O)c1C2=O)CC(O)(C(=O)CO)CC3OC1CC(C)C(O)C([NH][Sb]2[O]c3ccccc3[O]2)C1. The number of para-hydroxylation sites is 2. The van der Waals surface area contributed by atoms with Crippen LogP contribution in [0.2, 0.25) is 0 Å². The number of nitrogens with one attached hydrogen (secondary N) is 1. The molecule has 1 fully saturated rings. The van der Waals surface area contributed by atoms with Crippen LogP contribution in [0.3, 0.4) is 0 Å². The van der Waals surface area contributed by atoms with Gasteiger partial charge in [-0.2, -0.15) is 0 Å². The first-order valence-corrected chi connectivity index (χ1v) is 18.9. The number of methoxy groups -OCH3 is 1. The van der Waals surface area contributed by atoms with E-state index in [0.29, 0.717) is 17.9 Å². The molecule has 4 aliphatic rings. The molecule has 0 bridgehead atoms. The van der Waals surface area contributed by atoms with Gasteiger partial charge in [0.05, 0.1) is 7.11 Å². The third kappa shape index (κ3) is 5.24. The summed E-state index contributed by atoms with van der Waals surface area (Å²) in [5.74, 6) is -2.64. The van der Waals surface area contributed by atoms with Crippen molar-refractivity contribution in [3.05, 3.63) is 75.8 Å². The van der Waals surface area contributed by atoms with Crippen LogP contribution in [0.5, 0.6) is 28.7 Å². The van der Waals surface area contributed by atoms with E-state index in [1.807, 2.05) is 19.1 Å². The monoisotopic (exact) mass is 769 g/mol. The molecule has 0 saturated heterocycles. The third-order valence-corrected chi connectivity index (χ3v) is 13.3. The van der Waals surface area contributed by atoms with Gasteiger partial charge in [-0.1, -0.05) is 12.1 Å². The standard InChI is InChI=1S/C28H30NO10.C6H6O2.Sb/c1-11-6-12(7-15(29)23(11)32)39-17-9-28(37,18(31)10-30)8-14-20(17)27(36)22-21(25(14)34)24(33)13-4-3-5-16(38-2)19(13)26(22)35;7-5-3-1-2-4-6(5)8;/h3-5,11-12,15,17,23,29-30,32,34,36-37H,6-10H2,1-2H3;1-4,7-8H;/q-1;;+3/p-2. The predicted molar refractivity (Wildman–Crippen MR) is 167 cm³/mol. The molecule has 13 nitrogen and oxygen atoms in total. The molecule has 3 aromatic carbocycles. The molecule has 1 aliphatic heterocycles. The number of aliphatic hydroxyl groups excluding tert-OH is 2. The molecule has 252 valence electrons. The number of fused-ring (bicyclic) bond motifs is 4. The van der Waals surface area contributed by atoms with Gasteiger partial charge in [-0.3, -0.25) is 0 Å². The van der Waals surface area contributed by atoms with E-state index in [0.717, 1.165) is 0 Å². The zero-order valence-electron chi connectivity index (χ0n) is 26.0. The number of Topliss-reactive ketones (excluding diaryl/α,β-unsaturated/α-hetero) is 1. The van der Waals surface area contributed by atoms with Gasteiger partial charge in [-0.25, -0.2) is 0 Å². The van der Waals surface area contributed by atoms with Crippen LogP contribution in [0.25, 0.3) is 0 Å². The molecule has 6 N–H and O–H groups in total. The molecule has 48 heavy (non-hydrogen) atoms. The molecular formula is C34H34NO12Sb. The summed E-state index contributed by atoms with van der Waals surface area (Å²) in [6, 6.07) is 11.2. The molecule has 1 heterocycles. The second-order valence-corrected chi connectivity index (χ2v) is 15.9. The van der Waals surface area contributed by atoms with Crippen LogP contribution >= 0.6 is 0 Å². The summed E-state index contributed by atoms with van der Waals surface area (Å²) in [4.78, 5) is 40.5. The topological polar surface area (TPSA) is 201 Å². The van der Waals surface area contributed by atoms with Gasteiger partial charge in [0.2, 0.25) is 0 Å². The summed E-state index contributed by atoms with van der Waals surface area (Å²) in [7, 11) is 1.34. The van der Waals surface area contributed by atoms with Gasteiger partial charge in [0.1, 0.15) is 0 Å². The Morgan fingerprint density at radius 3 is 2.35 bits per heavy atom. The number of carbonyl (C=O) groups excluding carboxylic acids is 3. The first-order chi connectivity index (χ1) is 22.9. The minimum absolute atomic E-state index is 0.0388. The molecule has 6 atom stereocenters. The number of phenols is 2. The van der Waals surface area contributed by atoms with Crippen LogP contribution in [-0.2, 0) is 16.0 Å². The number of phenolic OH excluding ortho intramolecular Hbond substituents is 2. The van der Waals surface area contributed by atoms with E-state index < -0.39 is 111 Å². The van der Waals surface area contributed by atoms with Gasteiger partial charge in [0, 0.05) is 0 Å². The van der Waals surface area contributed by atoms with Gasteiger partial charge in [0.15, 0.2) is 0 Å². The van der Waals surface area contributed by atoms with Crippen molar-refractivity contribution in [1.82, 2.24) is 3.48 Å². The summed E-state index contributed by atoms with van der Waals surface area (Å²) in [6.07, 6.45) is -2.99. The normalized spacial score (nSPS) is 27.6. The number of aromatic hydroxyl groups is 2. The number of ether oxygens (including phenoxy) is 2. The number of carbonyl (C=O) groups is 3. The van der Waals surface area contributed by atoms with Gasteiger partial charge in [0.25, 0.3) is 0 Å². The van der Waals surface area contributed by atoms with Crippen molar-refractivity contribution >= 4 is 38.7 Å². The van der Waals surface area contributed by atoms with Gasteiger partial charge < -0.3 is 4.74 Å². The van der Waals surface area contributed by atoms with E-state index >= 15 is 0 Å². The molecule has 0 spiro atoms. The average Bonchev–Trinajstić information content (AvgIpc) is 3.49. The molecule has 6 unspecified atom stereocenters. The molecule has 0 aromatic heterocycles. The maximum atomic E-state index is 13.9. The summed E-state index contributed by atoms with van der Waals surface area (Å²) in [5.41, 5.74) is -3.41. The van der Waals surface area contributed by atoms with Gasteiger partial charge in [-0.15, -0.1) is 0 Å². The van der Waals surface area contributed by atoms with Gasteiger partial charge in [-0.05, 0) is 6.07 Å². The van der Waals surface area contributed by atoms with Crippen LogP contribution in [0.1, 0.15) is 75.3 Å². The van der Waals surface area contributed by atoms with Crippen molar-refractivity contribution < 1.29 is 55.4 Å². The van der Waals surface area contributed by atoms with Crippen molar-refractivity contribution in [3.63, 3.8) is 0 Å². The van der Waals surface area contributed by atoms with Crippen LogP contribution in [-0.4, -0.2) is 102 Å². The Labute approximate surface area is 283 Å². The molecule has 3 aliphatic carbocycles. The number of benzene rings is 3. The number of hydrogen-bond donors (Lipinski definition) is 6. The Morgan fingerprint density at radius 1 is 1.00 bits per heavy atom. The molecule has 14 heteroatoms. The fourth-order valence-corrected chi connectivity index (χ4v) is 11.1. The van der Waals surface area contributed by atoms with E-state index in [2.05, 4.69) is 3.48 Å². The number of rotatable bonds is 7. The molecular weight excluding hydrogens is 736 g/mol. The van der Waals surface area contributed by atoms with E-state index in [4.69, 9.17) is 15.5 Å². The molecule has 1 saturated carbocycles. The fraction of sp³-hybridized carbons (Fsp3) is 0.382. The number of aliphatic hydroxyl groups is 3. The van der Waals surface area contributed by atoms with Crippen LogP contribution < -0.4 is 14.2 Å². The van der Waals surface area contributed by atoms with Crippen LogP contribution in [0.15, 0.2) is 42.5 Å². The van der Waals surface area contributed by atoms with Crippen molar-refractivity contribution in [1.29, 1.82) is 0 Å². The second kappa shape index (κ2) is 12.3. The predicted octanol–water partition coefficient (Wildman–Crippen LogP) is 1.75. The molecule has 0 radical (unpaired) electrons. The Bertz CT molecular complexity index is 1820. The molecule has 3 aromatic rings. The quantitative estimate of drug-likeness (QED) is 0.117. The van der Waals surface area contributed by atoms with E-state index in [1.165, 1.54) is 25.3 Å². The molecule has 0 amide bonds. The van der Waals surface area contributed by atoms with Gasteiger partial charge >= 0.3 is 254 Å². The summed E-state index contributed by atoms with van der Waals surface area (Å²) >= 11 is -2.99. The summed E-state index contributed by atoms with van der Waals surface area (Å²) in [5, 5.41) is 55.7.